The summed E-state index contributed by atoms with van der Waals surface area (Å²) in [7, 11) is -1.23. The normalized spacial score (nSPS) is 19.1. The van der Waals surface area contributed by atoms with E-state index in [0.29, 0.717) is 54.6 Å². The van der Waals surface area contributed by atoms with E-state index in [1.807, 2.05) is 6.07 Å². The van der Waals surface area contributed by atoms with Crippen molar-refractivity contribution in [3.63, 3.8) is 0 Å². The smallest absolute Gasteiger partial charge is 0.280 e. The third-order valence-corrected chi connectivity index (χ3v) is 18.2. The molecular weight excluding hydrogens is 786 g/mol. The first-order chi connectivity index (χ1) is 27.7. The zero-order valence-electron chi connectivity index (χ0n) is 34.2. The fraction of sp³-hybridized carbons (Fsp3) is 0.422. The number of ether oxygens (including phenoxy) is 1. The summed E-state index contributed by atoms with van der Waals surface area (Å²) in [6.07, 6.45) is 2.21. The molecule has 0 saturated heterocycles. The SMILES string of the molecule is COCC(=O)C1CC[C@H](NC(=O)c2cc3cc(Cl)ccc3[nH]2)[C@H](NC(=O)c2nc3c(s2)CN(C(C)(C)CO[Si](c2ccccc2)(c2ccccc2)C(C)(C)C)CC3)C1. The highest BCUT2D eigenvalue weighted by molar-refractivity contribution is 7.13. The fourth-order valence-electron chi connectivity index (χ4n) is 8.70. The molecule has 2 amide bonds. The van der Waals surface area contributed by atoms with E-state index in [1.54, 1.807) is 18.2 Å². The number of hydrogen-bond donors (Lipinski definition) is 3. The number of Topliss-reactive ketones (excluding diaryl/α,β-unsaturated/α-hetero) is 1. The van der Waals surface area contributed by atoms with Crippen LogP contribution in [0.4, 0.5) is 0 Å². The number of amides is 2. The van der Waals surface area contributed by atoms with Crippen LogP contribution in [-0.4, -0.2) is 85.3 Å². The predicted octanol–water partition coefficient (Wildman–Crippen LogP) is 6.90. The Labute approximate surface area is 351 Å². The van der Waals surface area contributed by atoms with Gasteiger partial charge in [0.05, 0.1) is 18.3 Å². The third kappa shape index (κ3) is 8.73. The van der Waals surface area contributed by atoms with Crippen molar-refractivity contribution in [1.82, 2.24) is 25.5 Å². The molecule has 3 aromatic carbocycles. The fourth-order valence-corrected chi connectivity index (χ4v) is 14.6. The second-order valence-electron chi connectivity index (χ2n) is 17.3. The summed E-state index contributed by atoms with van der Waals surface area (Å²) in [5, 5.41) is 10.5. The molecule has 13 heteroatoms. The average Bonchev–Trinajstić information content (AvgIpc) is 3.83. The number of fused-ring (bicyclic) bond motifs is 2. The lowest BCUT2D eigenvalue weighted by atomic mass is 9.80. The minimum atomic E-state index is -2.74. The van der Waals surface area contributed by atoms with Crippen LogP contribution >= 0.6 is 22.9 Å². The van der Waals surface area contributed by atoms with Crippen molar-refractivity contribution in [3.05, 3.63) is 111 Å². The quantitative estimate of drug-likeness (QED) is 0.110. The standard InChI is InChI=1S/C45H54ClN5O5SSi/c1-44(2,3)58(32-13-9-7-10-14-32,33-15-11-8-12-16-33)56-28-45(4,5)51-22-21-36-40(26-51)57-43(50-36)42(54)49-37-24-29(39(52)27-55-6)17-19-35(37)48-41(53)38-25-30-23-31(46)18-20-34(30)47-38/h7-16,18,20,23,25,29,35,37,47H,17,19,21-22,24,26-28H2,1-6H3,(H,48,53)(H,49,54)/t29?,35-,37+/m0/s1. The molecule has 3 N–H and O–H groups in total. The van der Waals surface area contributed by atoms with E-state index >= 15 is 0 Å². The average molecular weight is 841 g/mol. The summed E-state index contributed by atoms with van der Waals surface area (Å²) in [6, 6.07) is 27.7. The van der Waals surface area contributed by atoms with Crippen molar-refractivity contribution in [2.24, 2.45) is 5.92 Å². The second-order valence-corrected chi connectivity index (χ2v) is 23.1. The van der Waals surface area contributed by atoms with Crippen molar-refractivity contribution in [3.8, 4) is 0 Å². The van der Waals surface area contributed by atoms with Gasteiger partial charge < -0.3 is 24.8 Å². The summed E-state index contributed by atoms with van der Waals surface area (Å²) in [5.74, 6) is -0.889. The molecule has 3 atom stereocenters. The number of aromatic nitrogens is 2. The molecule has 306 valence electrons. The number of ketones is 1. The molecule has 1 unspecified atom stereocenters. The van der Waals surface area contributed by atoms with E-state index in [0.717, 1.165) is 28.0 Å². The maximum absolute atomic E-state index is 14.0. The van der Waals surface area contributed by atoms with E-state index in [4.69, 9.17) is 25.7 Å². The predicted molar refractivity (Wildman–Crippen MR) is 234 cm³/mol. The summed E-state index contributed by atoms with van der Waals surface area (Å²) < 4.78 is 12.5. The minimum absolute atomic E-state index is 0.00889. The molecule has 58 heavy (non-hydrogen) atoms. The van der Waals surface area contributed by atoms with Crippen LogP contribution in [0.25, 0.3) is 10.9 Å². The van der Waals surface area contributed by atoms with Crippen molar-refractivity contribution in [2.75, 3.05) is 26.9 Å². The van der Waals surface area contributed by atoms with Crippen LogP contribution in [0, 0.1) is 5.92 Å². The van der Waals surface area contributed by atoms with Crippen molar-refractivity contribution in [1.29, 1.82) is 0 Å². The van der Waals surface area contributed by atoms with Gasteiger partial charge in [0.1, 0.15) is 12.3 Å². The van der Waals surface area contributed by atoms with Gasteiger partial charge >= 0.3 is 0 Å². The van der Waals surface area contributed by atoms with Gasteiger partial charge in [0, 0.05) is 64.9 Å². The number of benzene rings is 3. The summed E-state index contributed by atoms with van der Waals surface area (Å²) in [4.78, 5) is 52.0. The number of nitrogens with zero attached hydrogens (tertiary/aromatic N) is 2. The lowest BCUT2D eigenvalue weighted by Crippen LogP contribution is -2.68. The Morgan fingerprint density at radius 2 is 1.59 bits per heavy atom. The van der Waals surface area contributed by atoms with Crippen LogP contribution in [0.15, 0.2) is 84.9 Å². The van der Waals surface area contributed by atoms with Crippen LogP contribution in [-0.2, 0) is 26.9 Å². The Bertz CT molecular complexity index is 2220. The first-order valence-electron chi connectivity index (χ1n) is 20.1. The van der Waals surface area contributed by atoms with Crippen molar-refractivity contribution < 1.29 is 23.5 Å². The summed E-state index contributed by atoms with van der Waals surface area (Å²) in [5.41, 5.74) is 1.83. The van der Waals surface area contributed by atoms with Gasteiger partial charge in [0.2, 0.25) is 0 Å². The van der Waals surface area contributed by atoms with Crippen LogP contribution < -0.4 is 21.0 Å². The van der Waals surface area contributed by atoms with E-state index in [2.05, 4.69) is 116 Å². The van der Waals surface area contributed by atoms with Gasteiger partial charge in [0.25, 0.3) is 20.1 Å². The lowest BCUT2D eigenvalue weighted by molar-refractivity contribution is -0.127. The molecule has 3 heterocycles. The van der Waals surface area contributed by atoms with Gasteiger partial charge in [-0.1, -0.05) is 93.0 Å². The highest BCUT2D eigenvalue weighted by Gasteiger charge is 2.51. The Morgan fingerprint density at radius 1 is 0.914 bits per heavy atom. The molecule has 5 aromatic rings. The third-order valence-electron chi connectivity index (χ3n) is 11.9. The lowest BCUT2D eigenvalue weighted by Gasteiger charge is -2.47. The minimum Gasteiger partial charge on any atom is -0.406 e. The summed E-state index contributed by atoms with van der Waals surface area (Å²) in [6.45, 7) is 13.4. The van der Waals surface area contributed by atoms with E-state index < -0.39 is 14.4 Å². The largest absolute Gasteiger partial charge is 0.406 e. The maximum atomic E-state index is 14.0. The van der Waals surface area contributed by atoms with Gasteiger partial charge in [-0.05, 0) is 72.8 Å². The van der Waals surface area contributed by atoms with Crippen LogP contribution in [0.3, 0.4) is 0 Å². The van der Waals surface area contributed by atoms with Gasteiger partial charge in [-0.25, -0.2) is 4.98 Å². The Morgan fingerprint density at radius 3 is 2.24 bits per heavy atom. The molecule has 2 aromatic heterocycles. The first kappa shape index (κ1) is 42.0. The van der Waals surface area contributed by atoms with Crippen LogP contribution in [0.1, 0.15) is 84.7 Å². The van der Waals surface area contributed by atoms with Gasteiger partial charge in [0.15, 0.2) is 10.8 Å². The van der Waals surface area contributed by atoms with Crippen molar-refractivity contribution >= 4 is 70.1 Å². The highest BCUT2D eigenvalue weighted by Crippen LogP contribution is 2.38. The van der Waals surface area contributed by atoms with E-state index in [9.17, 15) is 14.4 Å². The van der Waals surface area contributed by atoms with Crippen molar-refractivity contribution in [2.45, 2.75) is 89.5 Å². The number of rotatable bonds is 13. The topological polar surface area (TPSA) is 126 Å². The molecule has 0 bridgehead atoms. The Kier molecular flexibility index (Phi) is 12.4. The molecule has 1 fully saturated rings. The number of halogens is 1. The molecule has 1 saturated carbocycles. The number of nitrogens with one attached hydrogen (secondary N) is 3. The molecule has 1 aliphatic carbocycles. The molecule has 1 aliphatic heterocycles. The number of H-pyrrole nitrogens is 1. The Balaban J connectivity index is 1.06. The number of thiazole rings is 1. The monoisotopic (exact) mass is 839 g/mol. The van der Waals surface area contributed by atoms with E-state index in [-0.39, 0.29) is 46.7 Å². The highest BCUT2D eigenvalue weighted by atomic mass is 35.5. The molecule has 0 spiro atoms. The van der Waals surface area contributed by atoms with Gasteiger partial charge in [-0.2, -0.15) is 0 Å². The summed E-state index contributed by atoms with van der Waals surface area (Å²) >= 11 is 7.60. The number of aromatic amines is 1. The van der Waals surface area contributed by atoms with Gasteiger partial charge in [-0.15, -0.1) is 11.3 Å². The second kappa shape index (κ2) is 17.2. The Hall–Kier alpha value is -4.17. The van der Waals surface area contributed by atoms with E-state index in [1.165, 1.54) is 28.8 Å². The van der Waals surface area contributed by atoms with Crippen LogP contribution in [0.5, 0.6) is 0 Å². The van der Waals surface area contributed by atoms with Crippen LogP contribution in [0.2, 0.25) is 10.1 Å². The number of hydrogen-bond acceptors (Lipinski definition) is 8. The van der Waals surface area contributed by atoms with Gasteiger partial charge in [-0.3, -0.25) is 19.3 Å². The number of carbonyl (C=O) groups is 3. The number of methoxy groups -OCH3 is 1. The molecule has 0 radical (unpaired) electrons. The molecule has 2 aliphatic rings. The zero-order chi connectivity index (χ0) is 41.2. The maximum Gasteiger partial charge on any atom is 0.280 e. The molecular formula is C45H54ClN5O5SSi. The number of carbonyl (C=O) groups excluding carboxylic acids is 3. The first-order valence-corrected chi connectivity index (χ1v) is 23.2. The molecule has 7 rings (SSSR count). The zero-order valence-corrected chi connectivity index (χ0v) is 36.8. The molecule has 10 nitrogen and oxygen atoms in total.